The van der Waals surface area contributed by atoms with Crippen LogP contribution in [0.5, 0.6) is 0 Å². The third kappa shape index (κ3) is 5.51. The van der Waals surface area contributed by atoms with Gasteiger partial charge < -0.3 is 15.1 Å². The number of carbonyl (C=O) groups is 3. The van der Waals surface area contributed by atoms with E-state index < -0.39 is 0 Å². The molecule has 0 bridgehead atoms. The summed E-state index contributed by atoms with van der Waals surface area (Å²) in [6.45, 7) is 4.84. The minimum Gasteiger partial charge on any atom is -0.342 e. The topological polar surface area (TPSA) is 73.0 Å². The van der Waals surface area contributed by atoms with Crippen LogP contribution in [0.2, 0.25) is 0 Å². The molecule has 2 aliphatic rings. The summed E-state index contributed by atoms with van der Waals surface area (Å²) in [6.07, 6.45) is 3.42. The van der Waals surface area contributed by atoms with Crippen molar-refractivity contribution in [1.82, 2.24) is 14.7 Å². The van der Waals surface area contributed by atoms with Crippen LogP contribution in [-0.4, -0.2) is 78.2 Å². The highest BCUT2D eigenvalue weighted by Gasteiger charge is 2.25. The highest BCUT2D eigenvalue weighted by atomic mass is 32.1. The zero-order valence-corrected chi connectivity index (χ0v) is 18.4. The summed E-state index contributed by atoms with van der Waals surface area (Å²) in [5, 5.41) is 4.71. The molecule has 4 rings (SSSR count). The van der Waals surface area contributed by atoms with Gasteiger partial charge in [0.2, 0.25) is 5.91 Å². The van der Waals surface area contributed by atoms with E-state index in [9.17, 15) is 14.4 Å². The van der Waals surface area contributed by atoms with Crippen LogP contribution >= 0.6 is 11.3 Å². The number of carbonyl (C=O) groups excluding carboxylic acids is 3. The minimum atomic E-state index is -0.149. The van der Waals surface area contributed by atoms with E-state index in [1.54, 1.807) is 30.3 Å². The Morgan fingerprint density at radius 2 is 1.55 bits per heavy atom. The van der Waals surface area contributed by atoms with Gasteiger partial charge in [0, 0.05) is 50.5 Å². The zero-order valence-electron chi connectivity index (χ0n) is 17.6. The van der Waals surface area contributed by atoms with Gasteiger partial charge in [0.1, 0.15) is 0 Å². The van der Waals surface area contributed by atoms with Crippen LogP contribution in [0.15, 0.2) is 41.8 Å². The number of thiophene rings is 1. The van der Waals surface area contributed by atoms with E-state index in [2.05, 4.69) is 10.2 Å². The summed E-state index contributed by atoms with van der Waals surface area (Å²) >= 11 is 1.39. The van der Waals surface area contributed by atoms with Crippen LogP contribution in [-0.2, 0) is 4.79 Å². The number of piperidine rings is 1. The van der Waals surface area contributed by atoms with Gasteiger partial charge in [-0.15, -0.1) is 11.3 Å². The van der Waals surface area contributed by atoms with Gasteiger partial charge in [-0.3, -0.25) is 19.3 Å². The molecule has 3 amide bonds. The molecule has 1 aromatic carbocycles. The van der Waals surface area contributed by atoms with Gasteiger partial charge in [-0.2, -0.15) is 0 Å². The largest absolute Gasteiger partial charge is 0.342 e. The molecule has 2 aromatic rings. The van der Waals surface area contributed by atoms with Crippen molar-refractivity contribution in [3.63, 3.8) is 0 Å². The van der Waals surface area contributed by atoms with Crippen molar-refractivity contribution >= 4 is 34.7 Å². The van der Waals surface area contributed by atoms with Gasteiger partial charge in [-0.1, -0.05) is 6.07 Å². The van der Waals surface area contributed by atoms with E-state index in [0.29, 0.717) is 48.9 Å². The highest BCUT2D eigenvalue weighted by molar-refractivity contribution is 7.12. The van der Waals surface area contributed by atoms with Crippen molar-refractivity contribution in [1.29, 1.82) is 0 Å². The number of hydrogen-bond donors (Lipinski definition) is 1. The summed E-state index contributed by atoms with van der Waals surface area (Å²) in [5.41, 5.74) is 1.27. The summed E-state index contributed by atoms with van der Waals surface area (Å²) in [4.78, 5) is 44.0. The van der Waals surface area contributed by atoms with Gasteiger partial charge in [-0.25, -0.2) is 0 Å². The predicted molar refractivity (Wildman–Crippen MR) is 121 cm³/mol. The van der Waals surface area contributed by atoms with Gasteiger partial charge in [-0.05, 0) is 55.0 Å². The number of benzene rings is 1. The Bertz CT molecular complexity index is 899. The average molecular weight is 441 g/mol. The summed E-state index contributed by atoms with van der Waals surface area (Å²) in [6, 6.07) is 10.6. The fourth-order valence-corrected chi connectivity index (χ4v) is 4.64. The van der Waals surface area contributed by atoms with Crippen molar-refractivity contribution in [2.45, 2.75) is 19.3 Å². The number of hydrogen-bond acceptors (Lipinski definition) is 5. The number of piperazine rings is 1. The molecular weight excluding hydrogens is 412 g/mol. The van der Waals surface area contributed by atoms with E-state index in [0.717, 1.165) is 25.9 Å². The molecule has 31 heavy (non-hydrogen) atoms. The first-order valence-corrected chi connectivity index (χ1v) is 11.7. The minimum absolute atomic E-state index is 0.0156. The van der Waals surface area contributed by atoms with Crippen molar-refractivity contribution in [3.05, 3.63) is 52.2 Å². The Morgan fingerprint density at radius 1 is 0.839 bits per heavy atom. The number of likely N-dealkylation sites (tertiary alicyclic amines) is 1. The first kappa shape index (κ1) is 21.5. The van der Waals surface area contributed by atoms with Gasteiger partial charge in [0.05, 0.1) is 11.4 Å². The first-order valence-electron chi connectivity index (χ1n) is 10.8. The lowest BCUT2D eigenvalue weighted by molar-refractivity contribution is -0.133. The normalized spacial score (nSPS) is 17.4. The molecule has 0 radical (unpaired) electrons. The zero-order chi connectivity index (χ0) is 21.6. The molecule has 7 nitrogen and oxygen atoms in total. The van der Waals surface area contributed by atoms with Gasteiger partial charge >= 0.3 is 0 Å². The predicted octanol–water partition coefficient (Wildman–Crippen LogP) is 2.77. The van der Waals surface area contributed by atoms with Crippen LogP contribution in [0.1, 0.15) is 39.3 Å². The van der Waals surface area contributed by atoms with Crippen LogP contribution in [0.25, 0.3) is 0 Å². The second kappa shape index (κ2) is 10.1. The molecule has 0 saturated carbocycles. The third-order valence-electron chi connectivity index (χ3n) is 5.86. The molecule has 1 N–H and O–H groups in total. The third-order valence-corrected chi connectivity index (χ3v) is 6.73. The lowest BCUT2D eigenvalue weighted by Gasteiger charge is -2.36. The Morgan fingerprint density at radius 3 is 2.19 bits per heavy atom. The van der Waals surface area contributed by atoms with Crippen LogP contribution in [0.3, 0.4) is 0 Å². The van der Waals surface area contributed by atoms with Gasteiger partial charge in [0.15, 0.2) is 0 Å². The SMILES string of the molecule is O=C(Nc1ccc(C(=O)N2CCN(CC(=O)N3CCCCC3)CC2)cc1)c1cccs1. The van der Waals surface area contributed by atoms with Crippen molar-refractivity contribution < 1.29 is 14.4 Å². The van der Waals surface area contributed by atoms with Crippen molar-refractivity contribution in [2.24, 2.45) is 0 Å². The van der Waals surface area contributed by atoms with Crippen molar-refractivity contribution in [3.8, 4) is 0 Å². The number of nitrogens with one attached hydrogen (secondary N) is 1. The van der Waals surface area contributed by atoms with Crippen molar-refractivity contribution in [2.75, 3.05) is 51.1 Å². The Labute approximate surface area is 186 Å². The lowest BCUT2D eigenvalue weighted by atomic mass is 10.1. The summed E-state index contributed by atoms with van der Waals surface area (Å²) in [7, 11) is 0. The van der Waals surface area contributed by atoms with E-state index >= 15 is 0 Å². The second-order valence-electron chi connectivity index (χ2n) is 8.02. The second-order valence-corrected chi connectivity index (χ2v) is 8.97. The average Bonchev–Trinajstić information content (AvgIpc) is 3.35. The first-order chi connectivity index (χ1) is 15.1. The molecule has 0 unspecified atom stereocenters. The molecule has 0 atom stereocenters. The monoisotopic (exact) mass is 440 g/mol. The molecule has 0 spiro atoms. The molecule has 1 aromatic heterocycles. The number of amides is 3. The maximum atomic E-state index is 12.8. The molecule has 0 aliphatic carbocycles. The van der Waals surface area contributed by atoms with Crippen LogP contribution in [0, 0.1) is 0 Å². The van der Waals surface area contributed by atoms with Crippen LogP contribution < -0.4 is 5.32 Å². The standard InChI is InChI=1S/C23H28N4O3S/c28-21(26-10-2-1-3-11-26)17-25-12-14-27(15-13-25)23(30)18-6-8-19(9-7-18)24-22(29)20-5-4-16-31-20/h4-9,16H,1-3,10-15,17H2,(H,24,29). The number of rotatable bonds is 5. The Kier molecular flexibility index (Phi) is 6.99. The lowest BCUT2D eigenvalue weighted by Crippen LogP contribution is -2.52. The van der Waals surface area contributed by atoms with E-state index in [-0.39, 0.29) is 17.7 Å². The van der Waals surface area contributed by atoms with E-state index in [1.165, 1.54) is 17.8 Å². The molecule has 164 valence electrons. The maximum Gasteiger partial charge on any atom is 0.265 e. The number of anilines is 1. The number of nitrogens with zero attached hydrogens (tertiary/aromatic N) is 3. The van der Waals surface area contributed by atoms with E-state index in [1.807, 2.05) is 21.2 Å². The van der Waals surface area contributed by atoms with Gasteiger partial charge in [0.25, 0.3) is 11.8 Å². The maximum absolute atomic E-state index is 12.8. The Balaban J connectivity index is 1.25. The smallest absolute Gasteiger partial charge is 0.265 e. The Hall–Kier alpha value is -2.71. The fourth-order valence-electron chi connectivity index (χ4n) is 4.02. The molecule has 8 heteroatoms. The van der Waals surface area contributed by atoms with Crippen LogP contribution in [0.4, 0.5) is 5.69 Å². The molecule has 2 aliphatic heterocycles. The van der Waals surface area contributed by atoms with E-state index in [4.69, 9.17) is 0 Å². The summed E-state index contributed by atoms with van der Waals surface area (Å²) in [5.74, 6) is 0.0436. The molecule has 3 heterocycles. The molecule has 2 saturated heterocycles. The molecule has 2 fully saturated rings. The fraction of sp³-hybridized carbons (Fsp3) is 0.435. The quantitative estimate of drug-likeness (QED) is 0.776. The molecular formula is C23H28N4O3S. The summed E-state index contributed by atoms with van der Waals surface area (Å²) < 4.78 is 0. The highest BCUT2D eigenvalue weighted by Crippen LogP contribution is 2.16.